The molecule has 2 rings (SSSR count). The Morgan fingerprint density at radius 2 is 2.05 bits per heavy atom. The summed E-state index contributed by atoms with van der Waals surface area (Å²) in [5, 5.41) is 15.1. The number of anilines is 2. The second-order valence-electron chi connectivity index (χ2n) is 4.86. The average molecular weight is 336 g/mol. The van der Waals surface area contributed by atoms with Gasteiger partial charge in [0.25, 0.3) is 0 Å². The smallest absolute Gasteiger partial charge is 0.234 e. The number of rotatable bonds is 8. The summed E-state index contributed by atoms with van der Waals surface area (Å²) in [4.78, 5) is 11.9. The van der Waals surface area contributed by atoms with Gasteiger partial charge in [-0.05, 0) is 25.5 Å². The number of nitrogens with zero attached hydrogens (tertiary/aromatic N) is 2. The zero-order chi connectivity index (χ0) is 15.8. The maximum Gasteiger partial charge on any atom is 0.234 e. The molecule has 118 valence electrons. The monoisotopic (exact) mass is 336 g/mol. The minimum atomic E-state index is -0.0375. The van der Waals surface area contributed by atoms with Crippen LogP contribution in [0, 0.1) is 6.92 Å². The predicted octanol–water partition coefficient (Wildman–Crippen LogP) is 3.79. The molecular weight excluding hydrogens is 316 g/mol. The number of carbonyl (C=O) groups is 1. The molecule has 1 aromatic carbocycles. The van der Waals surface area contributed by atoms with E-state index in [2.05, 4.69) is 27.8 Å². The average Bonchev–Trinajstić information content (AvgIpc) is 2.96. The van der Waals surface area contributed by atoms with E-state index in [1.54, 1.807) is 0 Å². The van der Waals surface area contributed by atoms with Crippen molar-refractivity contribution >= 4 is 39.8 Å². The summed E-state index contributed by atoms with van der Waals surface area (Å²) in [6, 6.07) is 7.75. The Hall–Kier alpha value is -1.60. The van der Waals surface area contributed by atoms with Gasteiger partial charge in [0.05, 0.1) is 5.75 Å². The van der Waals surface area contributed by atoms with Crippen molar-refractivity contribution in [1.29, 1.82) is 0 Å². The van der Waals surface area contributed by atoms with Crippen molar-refractivity contribution in [3.63, 3.8) is 0 Å². The van der Waals surface area contributed by atoms with Gasteiger partial charge in [0.2, 0.25) is 11.0 Å². The van der Waals surface area contributed by atoms with Crippen LogP contribution in [-0.2, 0) is 4.79 Å². The Labute approximate surface area is 138 Å². The van der Waals surface area contributed by atoms with Gasteiger partial charge in [-0.3, -0.25) is 4.79 Å². The molecule has 0 fully saturated rings. The molecule has 0 saturated carbocycles. The Morgan fingerprint density at radius 3 is 2.77 bits per heavy atom. The lowest BCUT2D eigenvalue weighted by molar-refractivity contribution is -0.113. The van der Waals surface area contributed by atoms with Crippen molar-refractivity contribution in [2.45, 2.75) is 31.0 Å². The van der Waals surface area contributed by atoms with E-state index >= 15 is 0 Å². The highest BCUT2D eigenvalue weighted by molar-refractivity contribution is 8.01. The molecular formula is C15H20N4OS2. The molecule has 1 aromatic heterocycles. The summed E-state index contributed by atoms with van der Waals surface area (Å²) in [5.74, 6) is 0.293. The van der Waals surface area contributed by atoms with Crippen LogP contribution in [0.25, 0.3) is 0 Å². The Balaban J connectivity index is 1.75. The lowest BCUT2D eigenvalue weighted by Gasteiger charge is -2.04. The molecule has 0 aliphatic rings. The van der Waals surface area contributed by atoms with Gasteiger partial charge in [-0.25, -0.2) is 0 Å². The maximum absolute atomic E-state index is 11.9. The van der Waals surface area contributed by atoms with Gasteiger partial charge in [-0.2, -0.15) is 0 Å². The molecule has 1 amide bonds. The Bertz CT molecular complexity index is 598. The van der Waals surface area contributed by atoms with Crippen LogP contribution in [0.4, 0.5) is 10.8 Å². The number of unbranched alkanes of at least 4 members (excludes halogenated alkanes) is 1. The third-order valence-corrected chi connectivity index (χ3v) is 4.89. The summed E-state index contributed by atoms with van der Waals surface area (Å²) in [6.07, 6.45) is 2.26. The van der Waals surface area contributed by atoms with Gasteiger partial charge in [-0.1, -0.05) is 54.1 Å². The summed E-state index contributed by atoms with van der Waals surface area (Å²) in [7, 11) is 0. The van der Waals surface area contributed by atoms with Crippen LogP contribution in [0.1, 0.15) is 25.3 Å². The minimum Gasteiger partial charge on any atom is -0.360 e. The predicted molar refractivity (Wildman–Crippen MR) is 93.8 cm³/mol. The molecule has 2 aromatic rings. The van der Waals surface area contributed by atoms with E-state index < -0.39 is 0 Å². The molecule has 0 spiro atoms. The molecule has 7 heteroatoms. The summed E-state index contributed by atoms with van der Waals surface area (Å²) in [6.45, 7) is 5.07. The fourth-order valence-electron chi connectivity index (χ4n) is 1.67. The first-order valence-electron chi connectivity index (χ1n) is 7.24. The molecule has 0 aliphatic heterocycles. The van der Waals surface area contributed by atoms with Crippen LogP contribution in [0.2, 0.25) is 0 Å². The van der Waals surface area contributed by atoms with Crippen LogP contribution in [0.3, 0.4) is 0 Å². The number of nitrogens with one attached hydrogen (secondary N) is 2. The number of aryl methyl sites for hydroxylation is 1. The fraction of sp³-hybridized carbons (Fsp3) is 0.400. The molecule has 0 atom stereocenters. The summed E-state index contributed by atoms with van der Waals surface area (Å²) in [5.41, 5.74) is 1.99. The SMILES string of the molecule is CCCCNc1nnc(SCC(=O)Nc2ccc(C)cc2)s1. The van der Waals surface area contributed by atoms with Crippen LogP contribution in [-0.4, -0.2) is 28.4 Å². The van der Waals surface area contributed by atoms with E-state index in [4.69, 9.17) is 0 Å². The molecule has 0 bridgehead atoms. The Kier molecular flexibility index (Phi) is 6.67. The number of amides is 1. The zero-order valence-corrected chi connectivity index (χ0v) is 14.4. The number of benzene rings is 1. The standard InChI is InChI=1S/C15H20N4OS2/c1-3-4-9-16-14-18-19-15(22-14)21-10-13(20)17-12-7-5-11(2)6-8-12/h5-8H,3-4,9-10H2,1-2H3,(H,16,18)(H,17,20). The number of hydrogen-bond acceptors (Lipinski definition) is 6. The van der Waals surface area contributed by atoms with Gasteiger partial charge >= 0.3 is 0 Å². The first-order valence-corrected chi connectivity index (χ1v) is 9.04. The Morgan fingerprint density at radius 1 is 1.27 bits per heavy atom. The topological polar surface area (TPSA) is 66.9 Å². The normalized spacial score (nSPS) is 10.5. The van der Waals surface area contributed by atoms with Crippen LogP contribution in [0.15, 0.2) is 28.6 Å². The largest absolute Gasteiger partial charge is 0.360 e. The fourth-order valence-corrected chi connectivity index (χ4v) is 3.25. The van der Waals surface area contributed by atoms with Crippen molar-refractivity contribution in [3.05, 3.63) is 29.8 Å². The van der Waals surface area contributed by atoms with E-state index in [1.807, 2.05) is 31.2 Å². The van der Waals surface area contributed by atoms with Gasteiger partial charge in [0, 0.05) is 12.2 Å². The molecule has 1 heterocycles. The van der Waals surface area contributed by atoms with Crippen molar-refractivity contribution < 1.29 is 4.79 Å². The number of aromatic nitrogens is 2. The van der Waals surface area contributed by atoms with E-state index in [0.717, 1.165) is 34.5 Å². The minimum absolute atomic E-state index is 0.0375. The highest BCUT2D eigenvalue weighted by atomic mass is 32.2. The number of thioether (sulfide) groups is 1. The molecule has 0 unspecified atom stereocenters. The zero-order valence-electron chi connectivity index (χ0n) is 12.8. The van der Waals surface area contributed by atoms with E-state index in [9.17, 15) is 4.79 Å². The van der Waals surface area contributed by atoms with Gasteiger partial charge in [0.1, 0.15) is 0 Å². The van der Waals surface area contributed by atoms with Gasteiger partial charge in [-0.15, -0.1) is 10.2 Å². The van der Waals surface area contributed by atoms with Gasteiger partial charge < -0.3 is 10.6 Å². The molecule has 22 heavy (non-hydrogen) atoms. The quantitative estimate of drug-likeness (QED) is 0.567. The second kappa shape index (κ2) is 8.75. The second-order valence-corrected chi connectivity index (χ2v) is 7.06. The van der Waals surface area contributed by atoms with Crippen LogP contribution < -0.4 is 10.6 Å². The summed E-state index contributed by atoms with van der Waals surface area (Å²) >= 11 is 2.89. The van der Waals surface area contributed by atoms with Crippen molar-refractivity contribution in [2.24, 2.45) is 0 Å². The molecule has 5 nitrogen and oxygen atoms in total. The lowest BCUT2D eigenvalue weighted by Crippen LogP contribution is -2.13. The lowest BCUT2D eigenvalue weighted by atomic mass is 10.2. The maximum atomic E-state index is 11.9. The van der Waals surface area contributed by atoms with E-state index in [-0.39, 0.29) is 5.91 Å². The van der Waals surface area contributed by atoms with E-state index in [1.165, 1.54) is 28.7 Å². The van der Waals surface area contributed by atoms with Crippen LogP contribution >= 0.6 is 23.1 Å². The van der Waals surface area contributed by atoms with Crippen molar-refractivity contribution in [2.75, 3.05) is 22.9 Å². The molecule has 2 N–H and O–H groups in total. The molecule has 0 aliphatic carbocycles. The van der Waals surface area contributed by atoms with Crippen molar-refractivity contribution in [1.82, 2.24) is 10.2 Å². The first-order chi connectivity index (χ1) is 10.7. The van der Waals surface area contributed by atoms with Gasteiger partial charge in [0.15, 0.2) is 4.34 Å². The van der Waals surface area contributed by atoms with Crippen LogP contribution in [0.5, 0.6) is 0 Å². The molecule has 0 radical (unpaired) electrons. The highest BCUT2D eigenvalue weighted by Gasteiger charge is 2.08. The van der Waals surface area contributed by atoms with Crippen molar-refractivity contribution in [3.8, 4) is 0 Å². The number of hydrogen-bond donors (Lipinski definition) is 2. The number of carbonyl (C=O) groups excluding carboxylic acids is 1. The highest BCUT2D eigenvalue weighted by Crippen LogP contribution is 2.25. The third kappa shape index (κ3) is 5.65. The summed E-state index contributed by atoms with van der Waals surface area (Å²) < 4.78 is 0.804. The molecule has 0 saturated heterocycles. The van der Waals surface area contributed by atoms with E-state index in [0.29, 0.717) is 5.75 Å². The first kappa shape index (κ1) is 16.8. The third-order valence-electron chi connectivity index (χ3n) is 2.88.